The molecule has 2 heterocycles. The van der Waals surface area contributed by atoms with Crippen LogP contribution >= 0.6 is 11.3 Å². The number of rotatable bonds is 5. The first kappa shape index (κ1) is 17.1. The predicted molar refractivity (Wildman–Crippen MR) is 103 cm³/mol. The van der Waals surface area contributed by atoms with Gasteiger partial charge in [0.1, 0.15) is 5.82 Å². The first-order chi connectivity index (χ1) is 11.7. The van der Waals surface area contributed by atoms with Gasteiger partial charge < -0.3 is 0 Å². The van der Waals surface area contributed by atoms with Gasteiger partial charge in [-0.15, -0.1) is 11.3 Å². The summed E-state index contributed by atoms with van der Waals surface area (Å²) in [5.74, 6) is 3.06. The molecule has 0 aliphatic heterocycles. The van der Waals surface area contributed by atoms with Crippen molar-refractivity contribution in [2.75, 3.05) is 0 Å². The van der Waals surface area contributed by atoms with Gasteiger partial charge >= 0.3 is 0 Å². The molecule has 0 amide bonds. The van der Waals surface area contributed by atoms with E-state index in [1.165, 1.54) is 35.6 Å². The number of thiazole rings is 1. The van der Waals surface area contributed by atoms with E-state index in [4.69, 9.17) is 4.98 Å². The quantitative estimate of drug-likeness (QED) is 0.703. The van der Waals surface area contributed by atoms with Crippen molar-refractivity contribution in [2.45, 2.75) is 83.0 Å². The van der Waals surface area contributed by atoms with Gasteiger partial charge in [-0.25, -0.2) is 15.0 Å². The molecule has 0 aromatic carbocycles. The molecule has 2 saturated carbocycles. The molecule has 2 fully saturated rings. The van der Waals surface area contributed by atoms with Gasteiger partial charge in [0, 0.05) is 45.6 Å². The summed E-state index contributed by atoms with van der Waals surface area (Å²) in [6, 6.07) is 2.06. The molecule has 2 aromatic rings. The monoisotopic (exact) mass is 355 g/mol. The Morgan fingerprint density at radius 2 is 1.88 bits per heavy atom. The van der Waals surface area contributed by atoms with Gasteiger partial charge in [-0.05, 0) is 37.7 Å². The maximum absolute atomic E-state index is 4.87. The molecule has 0 N–H and O–H groups in total. The highest BCUT2D eigenvalue weighted by atomic mass is 32.1. The second-order valence-electron chi connectivity index (χ2n) is 9.58. The van der Waals surface area contributed by atoms with Crippen molar-refractivity contribution < 1.29 is 0 Å². The molecule has 0 radical (unpaired) electrons. The van der Waals surface area contributed by atoms with Crippen LogP contribution in [0.4, 0.5) is 0 Å². The maximum Gasteiger partial charge on any atom is 0.131 e. The Bertz CT molecular complexity index is 767. The molecular formula is C21H29N3S. The van der Waals surface area contributed by atoms with Crippen LogP contribution in [0.15, 0.2) is 18.5 Å². The lowest BCUT2D eigenvalue weighted by atomic mass is 9.85. The minimum absolute atomic E-state index is 0.0865. The zero-order valence-electron chi connectivity index (χ0n) is 16.0. The van der Waals surface area contributed by atoms with E-state index in [9.17, 15) is 0 Å². The third-order valence-corrected chi connectivity index (χ3v) is 7.11. The molecule has 0 bridgehead atoms. The molecule has 4 rings (SSSR count). The van der Waals surface area contributed by atoms with Crippen molar-refractivity contribution in [3.63, 3.8) is 0 Å². The summed E-state index contributed by atoms with van der Waals surface area (Å²) >= 11 is 1.94. The summed E-state index contributed by atoms with van der Waals surface area (Å²) in [7, 11) is 0. The zero-order chi connectivity index (χ0) is 17.8. The first-order valence-electron chi connectivity index (χ1n) is 9.54. The van der Waals surface area contributed by atoms with Crippen molar-refractivity contribution in [1.82, 2.24) is 15.0 Å². The summed E-state index contributed by atoms with van der Waals surface area (Å²) in [4.78, 5) is 15.6. The standard InChI is InChI=1S/C21H29N3S/c1-20(2,3)16-8-9-22-18(24-16)15-10-14(15)11-21(4,5)17-12-23-19(25-17)13-6-7-13/h8-9,12-15H,6-7,10-11H2,1-5H3. The largest absolute Gasteiger partial charge is 0.249 e. The Balaban J connectivity index is 1.44. The van der Waals surface area contributed by atoms with E-state index in [0.29, 0.717) is 11.8 Å². The molecule has 3 nitrogen and oxygen atoms in total. The molecule has 2 atom stereocenters. The fourth-order valence-corrected chi connectivity index (χ4v) is 4.83. The van der Waals surface area contributed by atoms with Crippen LogP contribution in [0.2, 0.25) is 0 Å². The van der Waals surface area contributed by atoms with Crippen LogP contribution in [-0.4, -0.2) is 15.0 Å². The summed E-state index contributed by atoms with van der Waals surface area (Å²) < 4.78 is 0. The Morgan fingerprint density at radius 3 is 2.56 bits per heavy atom. The fourth-order valence-electron chi connectivity index (χ4n) is 3.64. The summed E-state index contributed by atoms with van der Waals surface area (Å²) in [6.07, 6.45) is 9.17. The van der Waals surface area contributed by atoms with Crippen LogP contribution in [0.25, 0.3) is 0 Å². The third-order valence-electron chi connectivity index (χ3n) is 5.59. The lowest BCUT2D eigenvalue weighted by Crippen LogP contribution is -2.17. The summed E-state index contributed by atoms with van der Waals surface area (Å²) in [5, 5.41) is 1.36. The van der Waals surface area contributed by atoms with Gasteiger partial charge in [-0.3, -0.25) is 0 Å². The smallest absolute Gasteiger partial charge is 0.131 e. The second kappa shape index (κ2) is 5.87. The summed E-state index contributed by atoms with van der Waals surface area (Å²) in [6.45, 7) is 11.4. The van der Waals surface area contributed by atoms with Gasteiger partial charge in [-0.1, -0.05) is 34.6 Å². The molecule has 134 valence electrons. The van der Waals surface area contributed by atoms with Gasteiger partial charge in [0.15, 0.2) is 0 Å². The molecule has 2 aliphatic rings. The van der Waals surface area contributed by atoms with Crippen LogP contribution < -0.4 is 0 Å². The van der Waals surface area contributed by atoms with Crippen molar-refractivity contribution in [2.24, 2.45) is 5.92 Å². The van der Waals surface area contributed by atoms with Crippen LogP contribution in [0, 0.1) is 5.92 Å². The molecule has 2 unspecified atom stereocenters. The van der Waals surface area contributed by atoms with E-state index in [1.807, 2.05) is 17.5 Å². The van der Waals surface area contributed by atoms with Crippen molar-refractivity contribution in [3.8, 4) is 0 Å². The number of hydrogen-bond acceptors (Lipinski definition) is 4. The van der Waals surface area contributed by atoms with E-state index in [1.54, 1.807) is 0 Å². The highest BCUT2D eigenvalue weighted by Gasteiger charge is 2.44. The van der Waals surface area contributed by atoms with E-state index in [2.05, 4.69) is 56.8 Å². The Hall–Kier alpha value is -1.29. The van der Waals surface area contributed by atoms with Crippen LogP contribution in [0.5, 0.6) is 0 Å². The Labute approximate surface area is 155 Å². The first-order valence-corrected chi connectivity index (χ1v) is 10.4. The molecule has 25 heavy (non-hydrogen) atoms. The average molecular weight is 356 g/mol. The maximum atomic E-state index is 4.87. The van der Waals surface area contributed by atoms with Crippen LogP contribution in [0.1, 0.15) is 93.5 Å². The number of aromatic nitrogens is 3. The van der Waals surface area contributed by atoms with Crippen molar-refractivity contribution >= 4 is 11.3 Å². The van der Waals surface area contributed by atoms with Gasteiger partial charge in [0.2, 0.25) is 0 Å². The molecule has 2 aliphatic carbocycles. The minimum atomic E-state index is 0.0865. The zero-order valence-corrected chi connectivity index (χ0v) is 16.9. The van der Waals surface area contributed by atoms with Crippen molar-refractivity contribution in [3.05, 3.63) is 39.9 Å². The molecular weight excluding hydrogens is 326 g/mol. The highest BCUT2D eigenvalue weighted by Crippen LogP contribution is 2.53. The number of nitrogens with zero attached hydrogens (tertiary/aromatic N) is 3. The predicted octanol–water partition coefficient (Wildman–Crippen LogP) is 5.58. The van der Waals surface area contributed by atoms with E-state index < -0.39 is 0 Å². The molecule has 4 heteroatoms. The van der Waals surface area contributed by atoms with Gasteiger partial charge in [-0.2, -0.15) is 0 Å². The van der Waals surface area contributed by atoms with Crippen LogP contribution in [0.3, 0.4) is 0 Å². The molecule has 0 saturated heterocycles. The molecule has 0 spiro atoms. The van der Waals surface area contributed by atoms with E-state index in [-0.39, 0.29) is 10.8 Å². The summed E-state index contributed by atoms with van der Waals surface area (Å²) in [5.41, 5.74) is 1.44. The minimum Gasteiger partial charge on any atom is -0.249 e. The lowest BCUT2D eigenvalue weighted by molar-refractivity contribution is 0.447. The Morgan fingerprint density at radius 1 is 1.12 bits per heavy atom. The van der Waals surface area contributed by atoms with Crippen molar-refractivity contribution in [1.29, 1.82) is 0 Å². The fraction of sp³-hybridized carbons (Fsp3) is 0.667. The van der Waals surface area contributed by atoms with E-state index in [0.717, 1.165) is 17.4 Å². The Kier molecular flexibility index (Phi) is 4.02. The second-order valence-corrected chi connectivity index (χ2v) is 10.6. The number of hydrogen-bond donors (Lipinski definition) is 0. The van der Waals surface area contributed by atoms with E-state index >= 15 is 0 Å². The lowest BCUT2D eigenvalue weighted by Gasteiger charge is -2.23. The highest BCUT2D eigenvalue weighted by molar-refractivity contribution is 7.11. The average Bonchev–Trinajstić information content (AvgIpc) is 3.46. The van der Waals surface area contributed by atoms with Gasteiger partial charge in [0.25, 0.3) is 0 Å². The van der Waals surface area contributed by atoms with Gasteiger partial charge in [0.05, 0.1) is 5.01 Å². The SMILES string of the molecule is CC(C)(C)c1ccnc(C2CC2CC(C)(C)c2cnc(C3CC3)s2)n1. The third kappa shape index (κ3) is 3.64. The topological polar surface area (TPSA) is 38.7 Å². The normalized spacial score (nSPS) is 23.7. The molecule has 2 aromatic heterocycles. The van der Waals surface area contributed by atoms with Crippen LogP contribution in [-0.2, 0) is 10.8 Å².